The third-order valence-electron chi connectivity index (χ3n) is 1.87. The van der Waals surface area contributed by atoms with E-state index in [-0.39, 0.29) is 0 Å². The molecule has 1 nitrogen and oxygen atoms in total. The normalized spacial score (nSPS) is 26.6. The van der Waals surface area contributed by atoms with E-state index in [0.717, 1.165) is 5.92 Å². The third kappa shape index (κ3) is 2.19. The lowest BCUT2D eigenvalue weighted by Gasteiger charge is -2.16. The largest absolute Gasteiger partial charge is 0.319 e. The number of hydrogen-bond acceptors (Lipinski definition) is 1. The summed E-state index contributed by atoms with van der Waals surface area (Å²) in [7, 11) is 2.03. The number of allylic oxidation sites excluding steroid dienone is 2. The van der Waals surface area contributed by atoms with Crippen molar-refractivity contribution >= 4 is 0 Å². The molecule has 0 aromatic heterocycles. The minimum absolute atomic E-state index is 0.903. The first kappa shape index (κ1) is 6.81. The van der Waals surface area contributed by atoms with Crippen LogP contribution in [0.1, 0.15) is 19.3 Å². The fourth-order valence-corrected chi connectivity index (χ4v) is 1.33. The van der Waals surface area contributed by atoms with Gasteiger partial charge in [-0.05, 0) is 38.8 Å². The highest BCUT2D eigenvalue weighted by atomic mass is 14.8. The summed E-state index contributed by atoms with van der Waals surface area (Å²) in [6.45, 7) is 1.18. The number of nitrogens with one attached hydrogen (secondary N) is 1. The van der Waals surface area contributed by atoms with Gasteiger partial charge in [0, 0.05) is 0 Å². The third-order valence-corrected chi connectivity index (χ3v) is 1.87. The van der Waals surface area contributed by atoms with E-state index in [1.807, 2.05) is 7.05 Å². The lowest BCUT2D eigenvalue weighted by molar-refractivity contribution is 0.459. The summed E-state index contributed by atoms with van der Waals surface area (Å²) in [6, 6.07) is 0. The molecule has 0 spiro atoms. The molecule has 1 atom stereocenters. The molecule has 1 rings (SSSR count). The van der Waals surface area contributed by atoms with Gasteiger partial charge in [-0.25, -0.2) is 0 Å². The van der Waals surface area contributed by atoms with Crippen molar-refractivity contribution in [2.24, 2.45) is 5.92 Å². The van der Waals surface area contributed by atoms with Gasteiger partial charge in [-0.2, -0.15) is 0 Å². The van der Waals surface area contributed by atoms with Crippen LogP contribution in [0.2, 0.25) is 0 Å². The molecule has 0 bridgehead atoms. The molecule has 0 saturated carbocycles. The predicted octanol–water partition coefficient (Wildman–Crippen LogP) is 1.56. The quantitative estimate of drug-likeness (QED) is 0.552. The lowest BCUT2D eigenvalue weighted by atomic mass is 9.95. The second-order valence-corrected chi connectivity index (χ2v) is 2.71. The summed E-state index contributed by atoms with van der Waals surface area (Å²) in [6.07, 6.45) is 8.52. The average molecular weight is 125 g/mol. The van der Waals surface area contributed by atoms with Crippen LogP contribution in [0, 0.1) is 5.92 Å². The molecular formula is C8H15N. The van der Waals surface area contributed by atoms with Crippen molar-refractivity contribution in [1.29, 1.82) is 0 Å². The van der Waals surface area contributed by atoms with Crippen molar-refractivity contribution in [3.8, 4) is 0 Å². The van der Waals surface area contributed by atoms with E-state index in [4.69, 9.17) is 0 Å². The van der Waals surface area contributed by atoms with Gasteiger partial charge in [0.1, 0.15) is 0 Å². The predicted molar refractivity (Wildman–Crippen MR) is 40.4 cm³/mol. The molecule has 1 aliphatic carbocycles. The zero-order valence-electron chi connectivity index (χ0n) is 6.06. The van der Waals surface area contributed by atoms with Gasteiger partial charge in [-0.3, -0.25) is 0 Å². The van der Waals surface area contributed by atoms with Crippen molar-refractivity contribution in [2.45, 2.75) is 19.3 Å². The van der Waals surface area contributed by atoms with Gasteiger partial charge in [-0.15, -0.1) is 0 Å². The van der Waals surface area contributed by atoms with Gasteiger partial charge in [0.15, 0.2) is 0 Å². The van der Waals surface area contributed by atoms with E-state index in [1.54, 1.807) is 0 Å². The number of rotatable bonds is 2. The average Bonchev–Trinajstić information content (AvgIpc) is 1.91. The molecule has 0 aromatic carbocycles. The second-order valence-electron chi connectivity index (χ2n) is 2.71. The van der Waals surface area contributed by atoms with E-state index in [1.165, 1.54) is 25.8 Å². The van der Waals surface area contributed by atoms with Crippen LogP contribution in [0.4, 0.5) is 0 Å². The van der Waals surface area contributed by atoms with Gasteiger partial charge in [0.05, 0.1) is 0 Å². The van der Waals surface area contributed by atoms with Crippen LogP contribution in [0.15, 0.2) is 12.2 Å². The molecule has 1 heteroatoms. The molecule has 52 valence electrons. The summed E-state index contributed by atoms with van der Waals surface area (Å²) >= 11 is 0. The fourth-order valence-electron chi connectivity index (χ4n) is 1.33. The SMILES string of the molecule is CNC[C@@H]1CC=CCC1. The lowest BCUT2D eigenvalue weighted by Crippen LogP contribution is -2.19. The van der Waals surface area contributed by atoms with Crippen molar-refractivity contribution < 1.29 is 0 Å². The van der Waals surface area contributed by atoms with Gasteiger partial charge in [0.25, 0.3) is 0 Å². The Labute approximate surface area is 57.1 Å². The topological polar surface area (TPSA) is 12.0 Å². The van der Waals surface area contributed by atoms with E-state index in [9.17, 15) is 0 Å². The highest BCUT2D eigenvalue weighted by molar-refractivity contribution is 4.90. The first-order valence-corrected chi connectivity index (χ1v) is 3.73. The molecule has 0 heterocycles. The van der Waals surface area contributed by atoms with E-state index >= 15 is 0 Å². The molecule has 9 heavy (non-hydrogen) atoms. The van der Waals surface area contributed by atoms with Crippen molar-refractivity contribution in [3.63, 3.8) is 0 Å². The summed E-state index contributed by atoms with van der Waals surface area (Å²) in [5.74, 6) is 0.903. The smallest absolute Gasteiger partial charge is 0.00204 e. The van der Waals surface area contributed by atoms with Crippen molar-refractivity contribution in [2.75, 3.05) is 13.6 Å². The molecule has 0 aliphatic heterocycles. The Balaban J connectivity index is 2.18. The van der Waals surface area contributed by atoms with Gasteiger partial charge >= 0.3 is 0 Å². The molecule has 1 aliphatic rings. The zero-order valence-corrected chi connectivity index (χ0v) is 6.06. The van der Waals surface area contributed by atoms with Crippen LogP contribution in [0.5, 0.6) is 0 Å². The first-order valence-electron chi connectivity index (χ1n) is 3.73. The maximum atomic E-state index is 3.20. The molecule has 1 N–H and O–H groups in total. The van der Waals surface area contributed by atoms with E-state index < -0.39 is 0 Å². The maximum Gasteiger partial charge on any atom is -0.00204 e. The Kier molecular flexibility index (Phi) is 2.78. The molecule has 0 fully saturated rings. The van der Waals surface area contributed by atoms with Crippen LogP contribution in [0.3, 0.4) is 0 Å². The Morgan fingerprint density at radius 1 is 1.56 bits per heavy atom. The Morgan fingerprint density at radius 2 is 2.44 bits per heavy atom. The van der Waals surface area contributed by atoms with Crippen molar-refractivity contribution in [1.82, 2.24) is 5.32 Å². The first-order chi connectivity index (χ1) is 4.43. The summed E-state index contributed by atoms with van der Waals surface area (Å²) < 4.78 is 0. The molecule has 0 radical (unpaired) electrons. The van der Waals surface area contributed by atoms with E-state index in [0.29, 0.717) is 0 Å². The number of hydrogen-bond donors (Lipinski definition) is 1. The molecular weight excluding hydrogens is 110 g/mol. The molecule has 0 aromatic rings. The summed E-state index contributed by atoms with van der Waals surface area (Å²) in [5.41, 5.74) is 0. The second kappa shape index (κ2) is 3.67. The van der Waals surface area contributed by atoms with Crippen LogP contribution >= 0.6 is 0 Å². The molecule has 0 amide bonds. The summed E-state index contributed by atoms with van der Waals surface area (Å²) in [4.78, 5) is 0. The van der Waals surface area contributed by atoms with E-state index in [2.05, 4.69) is 17.5 Å². The fraction of sp³-hybridized carbons (Fsp3) is 0.750. The summed E-state index contributed by atoms with van der Waals surface area (Å²) in [5, 5.41) is 3.20. The van der Waals surface area contributed by atoms with Crippen LogP contribution in [0.25, 0.3) is 0 Å². The van der Waals surface area contributed by atoms with Crippen molar-refractivity contribution in [3.05, 3.63) is 12.2 Å². The Morgan fingerprint density at radius 3 is 3.00 bits per heavy atom. The van der Waals surface area contributed by atoms with Gasteiger partial charge in [-0.1, -0.05) is 12.2 Å². The van der Waals surface area contributed by atoms with Crippen LogP contribution < -0.4 is 5.32 Å². The van der Waals surface area contributed by atoms with Gasteiger partial charge < -0.3 is 5.32 Å². The Hall–Kier alpha value is -0.300. The molecule has 0 unspecified atom stereocenters. The minimum atomic E-state index is 0.903. The monoisotopic (exact) mass is 125 g/mol. The molecule has 0 saturated heterocycles. The standard InChI is InChI=1S/C8H15N/c1-9-7-8-5-3-2-4-6-8/h2-3,8-9H,4-7H2,1H3/t8-/m1/s1. The van der Waals surface area contributed by atoms with Crippen LogP contribution in [-0.4, -0.2) is 13.6 Å². The zero-order chi connectivity index (χ0) is 6.53. The highest BCUT2D eigenvalue weighted by Gasteiger charge is 2.06. The Bertz CT molecular complexity index is 96.7. The van der Waals surface area contributed by atoms with Crippen LogP contribution in [-0.2, 0) is 0 Å². The minimum Gasteiger partial charge on any atom is -0.319 e. The maximum absolute atomic E-state index is 3.20. The van der Waals surface area contributed by atoms with Gasteiger partial charge in [0.2, 0.25) is 0 Å². The highest BCUT2D eigenvalue weighted by Crippen LogP contribution is 2.16.